The molecule has 4 aliphatic rings. The van der Waals surface area contributed by atoms with Crippen molar-refractivity contribution in [2.24, 2.45) is 17.8 Å². The summed E-state index contributed by atoms with van der Waals surface area (Å²) < 4.78 is 42.4. The molecule has 0 radical (unpaired) electrons. The lowest BCUT2D eigenvalue weighted by Gasteiger charge is -2.38. The molecule has 1 saturated heterocycles. The molecule has 0 bridgehead atoms. The van der Waals surface area contributed by atoms with Crippen molar-refractivity contribution >= 4 is 11.5 Å². The third-order valence-corrected chi connectivity index (χ3v) is 7.85. The van der Waals surface area contributed by atoms with E-state index in [1.165, 1.54) is 25.1 Å². The smallest absolute Gasteiger partial charge is 0.402 e. The largest absolute Gasteiger partial charge is 0.573 e. The second-order valence-corrected chi connectivity index (χ2v) is 10.7. The van der Waals surface area contributed by atoms with Gasteiger partial charge in [-0.25, -0.2) is 4.98 Å². The number of nitrogens with one attached hydrogen (secondary N) is 1. The lowest BCUT2D eigenvalue weighted by Crippen LogP contribution is -2.49. The second-order valence-electron chi connectivity index (χ2n) is 10.7. The van der Waals surface area contributed by atoms with Crippen LogP contribution in [0.1, 0.15) is 38.7 Å². The maximum atomic E-state index is 12.8. The van der Waals surface area contributed by atoms with Crippen LogP contribution in [0.3, 0.4) is 0 Å². The van der Waals surface area contributed by atoms with Crippen LogP contribution in [0, 0.1) is 17.8 Å². The van der Waals surface area contributed by atoms with Gasteiger partial charge in [-0.1, -0.05) is 13.8 Å². The molecule has 5 atom stereocenters. The second kappa shape index (κ2) is 8.78. The fourth-order valence-corrected chi connectivity index (χ4v) is 6.12. The quantitative estimate of drug-likeness (QED) is 0.648. The summed E-state index contributed by atoms with van der Waals surface area (Å²) >= 11 is 0. The number of halogens is 3. The van der Waals surface area contributed by atoms with E-state index in [-0.39, 0.29) is 12.0 Å². The van der Waals surface area contributed by atoms with Crippen LogP contribution in [0.15, 0.2) is 18.5 Å². The Labute approximate surface area is 199 Å². The van der Waals surface area contributed by atoms with Crippen LogP contribution in [-0.2, 0) is 0 Å². The molecule has 2 aliphatic heterocycles. The molecule has 188 valence electrons. The molecule has 3 fully saturated rings. The normalized spacial score (nSPS) is 32.0. The number of hydrogen-bond donors (Lipinski definition) is 2. The fourth-order valence-electron chi connectivity index (χ4n) is 6.12. The minimum Gasteiger partial charge on any atom is -0.402 e. The molecule has 0 aromatic carbocycles. The zero-order valence-corrected chi connectivity index (χ0v) is 20.1. The monoisotopic (exact) mass is 480 g/mol. The van der Waals surface area contributed by atoms with Gasteiger partial charge in [0.05, 0.1) is 11.9 Å². The van der Waals surface area contributed by atoms with Gasteiger partial charge in [0.15, 0.2) is 11.6 Å². The number of piperazine rings is 1. The van der Waals surface area contributed by atoms with Gasteiger partial charge in [0, 0.05) is 56.2 Å². The summed E-state index contributed by atoms with van der Waals surface area (Å²) in [5.74, 6) is 1.11. The highest BCUT2D eigenvalue weighted by Crippen LogP contribution is 2.57. The Balaban J connectivity index is 1.30. The van der Waals surface area contributed by atoms with Crippen LogP contribution in [0.2, 0.25) is 0 Å². The molecule has 1 aromatic rings. The summed E-state index contributed by atoms with van der Waals surface area (Å²) in [5.41, 5.74) is 6.94. The van der Waals surface area contributed by atoms with Crippen molar-refractivity contribution in [2.45, 2.75) is 57.7 Å². The highest BCUT2D eigenvalue weighted by atomic mass is 19.4. The van der Waals surface area contributed by atoms with Crippen LogP contribution in [0.5, 0.6) is 5.75 Å². The average Bonchev–Trinajstić information content (AvgIpc) is 3.08. The molecule has 7 nitrogen and oxygen atoms in total. The van der Waals surface area contributed by atoms with E-state index in [9.17, 15) is 13.2 Å². The van der Waals surface area contributed by atoms with E-state index < -0.39 is 12.1 Å². The van der Waals surface area contributed by atoms with E-state index >= 15 is 0 Å². The zero-order chi connectivity index (χ0) is 24.2. The molecule has 1 aromatic heterocycles. The SMILES string of the molecule is CC(C)CC1NC(c2cnc(N)c(OC(F)(F)F)c2)=CN1C1[C@H]2CC(N3CCN(C)CC3)C[C@@H]12. The number of rotatable bonds is 6. The van der Waals surface area contributed by atoms with E-state index in [0.717, 1.165) is 38.3 Å². The summed E-state index contributed by atoms with van der Waals surface area (Å²) in [6, 6.07) is 2.50. The highest BCUT2D eigenvalue weighted by molar-refractivity contribution is 5.68. The van der Waals surface area contributed by atoms with Crippen molar-refractivity contribution in [3.63, 3.8) is 0 Å². The minimum absolute atomic E-state index is 0.122. The first-order valence-electron chi connectivity index (χ1n) is 12.3. The number of hydrogen-bond acceptors (Lipinski definition) is 7. The van der Waals surface area contributed by atoms with Crippen LogP contribution in [0.4, 0.5) is 19.0 Å². The van der Waals surface area contributed by atoms with Gasteiger partial charge in [-0.15, -0.1) is 13.2 Å². The summed E-state index contributed by atoms with van der Waals surface area (Å²) in [5, 5.41) is 3.54. The van der Waals surface area contributed by atoms with E-state index in [1.807, 2.05) is 0 Å². The third-order valence-electron chi connectivity index (χ3n) is 7.85. The number of nitrogen functional groups attached to an aromatic ring is 1. The Morgan fingerprint density at radius 3 is 2.47 bits per heavy atom. The Morgan fingerprint density at radius 1 is 1.18 bits per heavy atom. The first-order chi connectivity index (χ1) is 16.1. The van der Waals surface area contributed by atoms with Gasteiger partial charge in [-0.3, -0.25) is 4.90 Å². The maximum absolute atomic E-state index is 12.8. The highest BCUT2D eigenvalue weighted by Gasteiger charge is 2.60. The van der Waals surface area contributed by atoms with Crippen molar-refractivity contribution in [3.05, 3.63) is 24.0 Å². The number of ether oxygens (including phenoxy) is 1. The summed E-state index contributed by atoms with van der Waals surface area (Å²) in [6.45, 7) is 8.98. The minimum atomic E-state index is -4.82. The number of pyridine rings is 1. The summed E-state index contributed by atoms with van der Waals surface area (Å²) in [6.07, 6.45) is 2.31. The number of nitrogens with two attached hydrogens (primary N) is 1. The van der Waals surface area contributed by atoms with Gasteiger partial charge >= 0.3 is 6.36 Å². The topological polar surface area (TPSA) is 69.9 Å². The number of aromatic nitrogens is 1. The molecule has 3 heterocycles. The number of likely N-dealkylation sites (N-methyl/N-ethyl adjacent to an activating group) is 1. The zero-order valence-electron chi connectivity index (χ0n) is 20.1. The first kappa shape index (κ1) is 23.5. The Kier molecular flexibility index (Phi) is 6.08. The van der Waals surface area contributed by atoms with Gasteiger partial charge in [0.25, 0.3) is 0 Å². The van der Waals surface area contributed by atoms with Gasteiger partial charge < -0.3 is 25.6 Å². The number of anilines is 1. The van der Waals surface area contributed by atoms with E-state index in [4.69, 9.17) is 5.73 Å². The Morgan fingerprint density at radius 2 is 1.85 bits per heavy atom. The molecule has 2 saturated carbocycles. The first-order valence-corrected chi connectivity index (χ1v) is 12.3. The van der Waals surface area contributed by atoms with Crippen molar-refractivity contribution in [2.75, 3.05) is 39.0 Å². The molecule has 0 spiro atoms. The third kappa shape index (κ3) is 4.79. The molecular formula is C24H35F3N6O. The fraction of sp³-hybridized carbons (Fsp3) is 0.708. The van der Waals surface area contributed by atoms with Crippen LogP contribution in [0.25, 0.3) is 5.70 Å². The van der Waals surface area contributed by atoms with Crippen LogP contribution < -0.4 is 15.8 Å². The maximum Gasteiger partial charge on any atom is 0.573 e. The molecule has 5 rings (SSSR count). The van der Waals surface area contributed by atoms with Gasteiger partial charge in [-0.05, 0) is 50.1 Å². The van der Waals surface area contributed by atoms with Crippen LogP contribution >= 0.6 is 0 Å². The predicted molar refractivity (Wildman–Crippen MR) is 124 cm³/mol. The van der Waals surface area contributed by atoms with E-state index in [0.29, 0.717) is 35.4 Å². The van der Waals surface area contributed by atoms with Crippen molar-refractivity contribution in [1.29, 1.82) is 0 Å². The molecule has 3 unspecified atom stereocenters. The lowest BCUT2D eigenvalue weighted by atomic mass is 10.1. The van der Waals surface area contributed by atoms with E-state index in [2.05, 4.69) is 56.8 Å². The van der Waals surface area contributed by atoms with Gasteiger partial charge in [-0.2, -0.15) is 0 Å². The lowest BCUT2D eigenvalue weighted by molar-refractivity contribution is -0.274. The number of nitrogens with zero attached hydrogens (tertiary/aromatic N) is 4. The molecule has 0 amide bonds. The molecule has 10 heteroatoms. The Bertz CT molecular complexity index is 918. The molecule has 34 heavy (non-hydrogen) atoms. The number of fused-ring (bicyclic) bond motifs is 1. The summed E-state index contributed by atoms with van der Waals surface area (Å²) in [7, 11) is 2.19. The standard InChI is InChI=1S/C24H35F3N6O/c1-14(2)8-21-30-19(15-9-20(23(28)29-12-15)34-24(25,26)27)13-33(21)22-17-10-16(11-18(17)22)32-6-4-31(3)5-7-32/h9,12-14,16-18,21-22,30H,4-8,10-11H2,1-3H3,(H2,28,29)/t16?,17-,18+,21?,22?. The average molecular weight is 481 g/mol. The predicted octanol–water partition coefficient (Wildman–Crippen LogP) is 3.16. The van der Waals surface area contributed by atoms with Gasteiger partial charge in [0.1, 0.15) is 0 Å². The van der Waals surface area contributed by atoms with Crippen molar-refractivity contribution in [3.8, 4) is 5.75 Å². The Hall–Kier alpha value is -2.20. The van der Waals surface area contributed by atoms with Gasteiger partial charge in [0.2, 0.25) is 0 Å². The van der Waals surface area contributed by atoms with Crippen LogP contribution in [-0.4, -0.2) is 77.5 Å². The molecule has 3 N–H and O–H groups in total. The number of alkyl halides is 3. The molecular weight excluding hydrogens is 445 g/mol. The summed E-state index contributed by atoms with van der Waals surface area (Å²) in [4.78, 5) is 11.4. The molecule has 2 aliphatic carbocycles. The van der Waals surface area contributed by atoms with Crippen molar-refractivity contribution in [1.82, 2.24) is 25.0 Å². The van der Waals surface area contributed by atoms with Crippen molar-refractivity contribution < 1.29 is 17.9 Å². The van der Waals surface area contributed by atoms with E-state index in [1.54, 1.807) is 0 Å².